The Morgan fingerprint density at radius 1 is 1.26 bits per heavy atom. The Balaban J connectivity index is 1.35. The highest BCUT2D eigenvalue weighted by molar-refractivity contribution is 5.95. The summed E-state index contributed by atoms with van der Waals surface area (Å²) in [6, 6.07) is 12.0. The second kappa shape index (κ2) is 7.31. The van der Waals surface area contributed by atoms with Gasteiger partial charge in [-0.25, -0.2) is 4.39 Å². The minimum absolute atomic E-state index is 0.133. The highest BCUT2D eigenvalue weighted by Crippen LogP contribution is 2.58. The normalized spacial score (nSPS) is 20.3. The summed E-state index contributed by atoms with van der Waals surface area (Å²) >= 11 is 0. The molecule has 1 unspecified atom stereocenters. The third-order valence-electron chi connectivity index (χ3n) is 5.86. The molecule has 5 heteroatoms. The van der Waals surface area contributed by atoms with Gasteiger partial charge in [0.2, 0.25) is 5.91 Å². The van der Waals surface area contributed by atoms with E-state index in [9.17, 15) is 9.18 Å². The number of aryl methyl sites for hydroxylation is 1. The van der Waals surface area contributed by atoms with E-state index in [4.69, 9.17) is 4.74 Å². The van der Waals surface area contributed by atoms with Gasteiger partial charge in [-0.1, -0.05) is 12.1 Å². The Morgan fingerprint density at radius 2 is 2.07 bits per heavy atom. The predicted molar refractivity (Wildman–Crippen MR) is 103 cm³/mol. The summed E-state index contributed by atoms with van der Waals surface area (Å²) in [4.78, 5) is 12.6. The maximum absolute atomic E-state index is 13.2. The Hall–Kier alpha value is -2.40. The van der Waals surface area contributed by atoms with Crippen molar-refractivity contribution in [3.8, 4) is 5.75 Å². The first-order chi connectivity index (χ1) is 13.1. The van der Waals surface area contributed by atoms with E-state index in [1.165, 1.54) is 12.1 Å². The molecule has 2 aliphatic rings. The van der Waals surface area contributed by atoms with Crippen LogP contribution in [0, 0.1) is 24.1 Å². The summed E-state index contributed by atoms with van der Waals surface area (Å²) in [6.07, 6.45) is 3.20. The van der Waals surface area contributed by atoms with Crippen LogP contribution < -0.4 is 15.4 Å². The van der Waals surface area contributed by atoms with Gasteiger partial charge >= 0.3 is 0 Å². The Labute approximate surface area is 159 Å². The van der Waals surface area contributed by atoms with E-state index < -0.39 is 0 Å². The topological polar surface area (TPSA) is 50.4 Å². The number of rotatable bonds is 5. The number of anilines is 1. The molecule has 1 saturated carbocycles. The van der Waals surface area contributed by atoms with Crippen molar-refractivity contribution in [3.63, 3.8) is 0 Å². The Morgan fingerprint density at radius 3 is 2.81 bits per heavy atom. The van der Waals surface area contributed by atoms with Gasteiger partial charge in [0.25, 0.3) is 0 Å². The third-order valence-corrected chi connectivity index (χ3v) is 5.86. The van der Waals surface area contributed by atoms with Crippen LogP contribution in [0.5, 0.6) is 5.75 Å². The van der Waals surface area contributed by atoms with Crippen molar-refractivity contribution in [1.29, 1.82) is 0 Å². The van der Waals surface area contributed by atoms with Gasteiger partial charge in [0.05, 0.1) is 0 Å². The Kier molecular flexibility index (Phi) is 4.87. The number of benzene rings is 2. The zero-order chi connectivity index (χ0) is 18.9. The van der Waals surface area contributed by atoms with E-state index in [1.807, 2.05) is 31.2 Å². The summed E-state index contributed by atoms with van der Waals surface area (Å²) in [5.41, 5.74) is 2.80. The third kappa shape index (κ3) is 3.98. The minimum atomic E-state index is -0.267. The lowest BCUT2D eigenvalue weighted by Crippen LogP contribution is -2.31. The zero-order valence-electron chi connectivity index (χ0n) is 15.6. The molecule has 27 heavy (non-hydrogen) atoms. The van der Waals surface area contributed by atoms with Crippen LogP contribution in [-0.4, -0.2) is 19.0 Å². The number of halogens is 1. The maximum Gasteiger partial charge on any atom is 0.228 e. The fraction of sp³-hybridized carbons (Fsp3) is 0.409. The molecule has 1 heterocycles. The molecule has 2 aromatic carbocycles. The number of carbonyl (C=O) groups is 1. The molecule has 1 amide bonds. The Bertz CT molecular complexity index is 846. The van der Waals surface area contributed by atoms with Crippen LogP contribution in [0.15, 0.2) is 42.5 Å². The number of nitrogens with one attached hydrogen (secondary N) is 2. The van der Waals surface area contributed by atoms with Crippen LogP contribution in [-0.2, 0) is 11.4 Å². The van der Waals surface area contributed by atoms with Crippen molar-refractivity contribution in [2.24, 2.45) is 11.3 Å². The fourth-order valence-electron chi connectivity index (χ4n) is 4.08. The highest BCUT2D eigenvalue weighted by Gasteiger charge is 2.57. The van der Waals surface area contributed by atoms with Crippen LogP contribution in [0.2, 0.25) is 0 Å². The van der Waals surface area contributed by atoms with Crippen molar-refractivity contribution in [2.45, 2.75) is 32.8 Å². The lowest BCUT2D eigenvalue weighted by atomic mass is 9.91. The van der Waals surface area contributed by atoms with Crippen molar-refractivity contribution in [2.75, 3.05) is 18.4 Å². The van der Waals surface area contributed by atoms with Crippen molar-refractivity contribution < 1.29 is 13.9 Å². The van der Waals surface area contributed by atoms with Gasteiger partial charge in [0.1, 0.15) is 18.2 Å². The molecule has 0 radical (unpaired) electrons. The van der Waals surface area contributed by atoms with Gasteiger partial charge in [-0.05, 0) is 86.1 Å². The molecule has 1 aliphatic heterocycles. The number of hydrogen-bond donors (Lipinski definition) is 2. The highest BCUT2D eigenvalue weighted by atomic mass is 19.1. The number of amides is 1. The summed E-state index contributed by atoms with van der Waals surface area (Å²) in [5, 5.41) is 6.45. The van der Waals surface area contributed by atoms with Gasteiger partial charge in [0, 0.05) is 11.6 Å². The summed E-state index contributed by atoms with van der Waals surface area (Å²) in [6.45, 7) is 4.29. The van der Waals surface area contributed by atoms with E-state index in [-0.39, 0.29) is 23.1 Å². The molecule has 1 atom stereocenters. The molecular weight excluding hydrogens is 343 g/mol. The van der Waals surface area contributed by atoms with Gasteiger partial charge in [-0.2, -0.15) is 0 Å². The second-order valence-corrected chi connectivity index (χ2v) is 7.75. The minimum Gasteiger partial charge on any atom is -0.489 e. The van der Waals surface area contributed by atoms with Gasteiger partial charge in [-0.3, -0.25) is 4.79 Å². The molecule has 2 N–H and O–H groups in total. The molecule has 1 aliphatic carbocycles. The molecule has 2 fully saturated rings. The standard InChI is InChI=1S/C22H25FN2O2/c1-15-11-18(27-14-16-3-2-4-17(23)12-16)5-6-20(15)25-21(26)19-13-22(19)7-9-24-10-8-22/h2-6,11-12,19,24H,7-10,13-14H2,1H3,(H,25,26). The van der Waals surface area contributed by atoms with Crippen LogP contribution in [0.3, 0.4) is 0 Å². The lowest BCUT2D eigenvalue weighted by Gasteiger charge is -2.23. The molecule has 4 nitrogen and oxygen atoms in total. The summed E-state index contributed by atoms with van der Waals surface area (Å²) in [7, 11) is 0. The quantitative estimate of drug-likeness (QED) is 0.837. The van der Waals surface area contributed by atoms with E-state index in [0.29, 0.717) is 12.4 Å². The molecule has 4 rings (SSSR count). The molecule has 0 bridgehead atoms. The molecular formula is C22H25FN2O2. The first kappa shape index (κ1) is 18.0. The maximum atomic E-state index is 13.2. The van der Waals surface area contributed by atoms with Crippen LogP contribution in [0.25, 0.3) is 0 Å². The first-order valence-corrected chi connectivity index (χ1v) is 9.55. The molecule has 1 spiro atoms. The van der Waals surface area contributed by atoms with E-state index in [2.05, 4.69) is 10.6 Å². The van der Waals surface area contributed by atoms with Crippen molar-refractivity contribution in [1.82, 2.24) is 5.32 Å². The fourth-order valence-corrected chi connectivity index (χ4v) is 4.08. The van der Waals surface area contributed by atoms with Crippen LogP contribution in [0.4, 0.5) is 10.1 Å². The van der Waals surface area contributed by atoms with E-state index in [1.54, 1.807) is 6.07 Å². The van der Waals surface area contributed by atoms with Gasteiger partial charge in [0.15, 0.2) is 0 Å². The zero-order valence-corrected chi connectivity index (χ0v) is 15.6. The number of hydrogen-bond acceptors (Lipinski definition) is 3. The summed E-state index contributed by atoms with van der Waals surface area (Å²) in [5.74, 6) is 0.712. The smallest absolute Gasteiger partial charge is 0.228 e. The lowest BCUT2D eigenvalue weighted by molar-refractivity contribution is -0.118. The number of ether oxygens (including phenoxy) is 1. The SMILES string of the molecule is Cc1cc(OCc2cccc(F)c2)ccc1NC(=O)C1CC12CCNCC2. The second-order valence-electron chi connectivity index (χ2n) is 7.75. The molecule has 2 aromatic rings. The predicted octanol–water partition coefficient (Wildman–Crippen LogP) is 4.04. The monoisotopic (exact) mass is 368 g/mol. The van der Waals surface area contributed by atoms with Crippen molar-refractivity contribution >= 4 is 11.6 Å². The van der Waals surface area contributed by atoms with Crippen molar-refractivity contribution in [3.05, 3.63) is 59.4 Å². The van der Waals surface area contributed by atoms with Crippen LogP contribution in [0.1, 0.15) is 30.4 Å². The molecule has 0 aromatic heterocycles. The van der Waals surface area contributed by atoms with Crippen LogP contribution >= 0.6 is 0 Å². The first-order valence-electron chi connectivity index (χ1n) is 9.55. The average Bonchev–Trinajstić information content (AvgIpc) is 3.35. The van der Waals surface area contributed by atoms with Gasteiger partial charge in [-0.15, -0.1) is 0 Å². The largest absolute Gasteiger partial charge is 0.489 e. The van der Waals surface area contributed by atoms with Gasteiger partial charge < -0.3 is 15.4 Å². The number of piperidine rings is 1. The molecule has 1 saturated heterocycles. The average molecular weight is 368 g/mol. The molecule has 142 valence electrons. The number of carbonyl (C=O) groups excluding carboxylic acids is 1. The van der Waals surface area contributed by atoms with E-state index >= 15 is 0 Å². The van der Waals surface area contributed by atoms with E-state index in [0.717, 1.165) is 49.2 Å². The summed E-state index contributed by atoms with van der Waals surface area (Å²) < 4.78 is 19.0.